The van der Waals surface area contributed by atoms with E-state index in [0.717, 1.165) is 25.9 Å². The second kappa shape index (κ2) is 6.38. The maximum absolute atomic E-state index is 14.0. The molecule has 124 valence electrons. The van der Waals surface area contributed by atoms with Gasteiger partial charge in [-0.25, -0.2) is 19.0 Å². The minimum Gasteiger partial charge on any atom is -0.353 e. The molecule has 0 amide bonds. The zero-order chi connectivity index (χ0) is 16.4. The van der Waals surface area contributed by atoms with E-state index in [4.69, 9.17) is 4.63 Å². The van der Waals surface area contributed by atoms with E-state index in [1.807, 2.05) is 0 Å². The standard InChI is InChI=1S/C16H17FN6O/c17-11-7-3-4-8-12(11)18-15-16(23-9-5-1-2-6-10-23)20-14-13(19-15)21-24-22-14/h3-4,7-8H,1-2,5-6,9-10H2,(H,18,19,21). The summed E-state index contributed by atoms with van der Waals surface area (Å²) in [5, 5.41) is 10.6. The fraction of sp³-hybridized carbons (Fsp3) is 0.375. The minimum atomic E-state index is -0.348. The Labute approximate surface area is 137 Å². The monoisotopic (exact) mass is 328 g/mol. The molecule has 0 aliphatic carbocycles. The topological polar surface area (TPSA) is 80.0 Å². The van der Waals surface area contributed by atoms with Gasteiger partial charge in [-0.3, -0.25) is 0 Å². The summed E-state index contributed by atoms with van der Waals surface area (Å²) in [6.45, 7) is 1.77. The number of hydrogen-bond donors (Lipinski definition) is 1. The van der Waals surface area contributed by atoms with Crippen LogP contribution in [-0.4, -0.2) is 33.4 Å². The molecule has 0 saturated carbocycles. The van der Waals surface area contributed by atoms with Crippen molar-refractivity contribution in [2.24, 2.45) is 0 Å². The average Bonchev–Trinajstić information content (AvgIpc) is 2.88. The van der Waals surface area contributed by atoms with E-state index in [2.05, 4.69) is 30.5 Å². The largest absolute Gasteiger partial charge is 0.353 e. The van der Waals surface area contributed by atoms with Gasteiger partial charge in [0.15, 0.2) is 11.6 Å². The van der Waals surface area contributed by atoms with Crippen molar-refractivity contribution in [3.63, 3.8) is 0 Å². The number of benzene rings is 1. The van der Waals surface area contributed by atoms with Crippen LogP contribution in [0.3, 0.4) is 0 Å². The van der Waals surface area contributed by atoms with Crippen molar-refractivity contribution >= 4 is 28.6 Å². The SMILES string of the molecule is Fc1ccccc1Nc1nc2nonc2nc1N1CCCCCC1. The van der Waals surface area contributed by atoms with Crippen LogP contribution in [0.5, 0.6) is 0 Å². The average molecular weight is 328 g/mol. The third-order valence-electron chi connectivity index (χ3n) is 4.13. The Kier molecular flexibility index (Phi) is 3.94. The number of nitrogens with one attached hydrogen (secondary N) is 1. The van der Waals surface area contributed by atoms with E-state index in [0.29, 0.717) is 28.6 Å². The summed E-state index contributed by atoms with van der Waals surface area (Å²) in [5.41, 5.74) is 0.999. The molecular formula is C16H17FN6O. The molecule has 4 rings (SSSR count). The Morgan fingerprint density at radius 1 is 0.958 bits per heavy atom. The first kappa shape index (κ1) is 14.8. The third-order valence-corrected chi connectivity index (χ3v) is 4.13. The highest BCUT2D eigenvalue weighted by molar-refractivity contribution is 5.77. The van der Waals surface area contributed by atoms with Crippen LogP contribution in [0.1, 0.15) is 25.7 Å². The van der Waals surface area contributed by atoms with Crippen LogP contribution < -0.4 is 10.2 Å². The molecule has 0 spiro atoms. The van der Waals surface area contributed by atoms with E-state index in [1.165, 1.54) is 18.9 Å². The molecule has 0 bridgehead atoms. The molecule has 3 aromatic rings. The second-order valence-corrected chi connectivity index (χ2v) is 5.81. The van der Waals surface area contributed by atoms with Crippen LogP contribution in [0.4, 0.5) is 21.7 Å². The molecule has 0 radical (unpaired) electrons. The highest BCUT2D eigenvalue weighted by Gasteiger charge is 2.20. The van der Waals surface area contributed by atoms with E-state index in [9.17, 15) is 4.39 Å². The van der Waals surface area contributed by atoms with Gasteiger partial charge in [0.05, 0.1) is 5.69 Å². The summed E-state index contributed by atoms with van der Waals surface area (Å²) < 4.78 is 18.7. The number of para-hydroxylation sites is 1. The zero-order valence-electron chi connectivity index (χ0n) is 13.1. The van der Waals surface area contributed by atoms with Gasteiger partial charge in [0.25, 0.3) is 0 Å². The molecule has 2 aromatic heterocycles. The summed E-state index contributed by atoms with van der Waals surface area (Å²) in [6.07, 6.45) is 4.59. The lowest BCUT2D eigenvalue weighted by Gasteiger charge is -2.23. The summed E-state index contributed by atoms with van der Waals surface area (Å²) >= 11 is 0. The first-order chi connectivity index (χ1) is 11.8. The quantitative estimate of drug-likeness (QED) is 0.790. The van der Waals surface area contributed by atoms with Gasteiger partial charge in [0, 0.05) is 13.1 Å². The summed E-state index contributed by atoms with van der Waals surface area (Å²) in [5.74, 6) is 0.771. The molecule has 24 heavy (non-hydrogen) atoms. The van der Waals surface area contributed by atoms with Crippen LogP contribution >= 0.6 is 0 Å². The number of fused-ring (bicyclic) bond motifs is 1. The Hall–Kier alpha value is -2.77. The first-order valence-corrected chi connectivity index (χ1v) is 8.08. The van der Waals surface area contributed by atoms with Crippen LogP contribution in [0.2, 0.25) is 0 Å². The van der Waals surface area contributed by atoms with Crippen molar-refractivity contribution in [1.82, 2.24) is 20.3 Å². The molecule has 1 N–H and O–H groups in total. The smallest absolute Gasteiger partial charge is 0.245 e. The van der Waals surface area contributed by atoms with Crippen LogP contribution in [0.15, 0.2) is 28.9 Å². The van der Waals surface area contributed by atoms with Gasteiger partial charge in [0.1, 0.15) is 5.82 Å². The molecule has 8 heteroatoms. The highest BCUT2D eigenvalue weighted by atomic mass is 19.1. The van der Waals surface area contributed by atoms with E-state index >= 15 is 0 Å². The normalized spacial score (nSPS) is 15.5. The Morgan fingerprint density at radius 3 is 2.42 bits per heavy atom. The van der Waals surface area contributed by atoms with Gasteiger partial charge in [-0.15, -0.1) is 0 Å². The van der Waals surface area contributed by atoms with Gasteiger partial charge in [0.2, 0.25) is 11.3 Å². The zero-order valence-corrected chi connectivity index (χ0v) is 13.1. The van der Waals surface area contributed by atoms with Crippen molar-refractivity contribution in [3.05, 3.63) is 30.1 Å². The molecule has 0 atom stereocenters. The Bertz CT molecular complexity index is 843. The van der Waals surface area contributed by atoms with Crippen LogP contribution in [0, 0.1) is 5.82 Å². The molecule has 1 saturated heterocycles. The molecule has 1 fully saturated rings. The van der Waals surface area contributed by atoms with Gasteiger partial charge >= 0.3 is 0 Å². The lowest BCUT2D eigenvalue weighted by Crippen LogP contribution is -2.26. The van der Waals surface area contributed by atoms with Crippen molar-refractivity contribution in [2.45, 2.75) is 25.7 Å². The number of hydrogen-bond acceptors (Lipinski definition) is 7. The fourth-order valence-electron chi connectivity index (χ4n) is 2.91. The van der Waals surface area contributed by atoms with Gasteiger partial charge in [-0.1, -0.05) is 25.0 Å². The van der Waals surface area contributed by atoms with Crippen molar-refractivity contribution in [2.75, 3.05) is 23.3 Å². The fourth-order valence-corrected chi connectivity index (χ4v) is 2.91. The van der Waals surface area contributed by atoms with E-state index < -0.39 is 0 Å². The van der Waals surface area contributed by atoms with Gasteiger partial charge in [-0.05, 0) is 35.3 Å². The predicted molar refractivity (Wildman–Crippen MR) is 87.8 cm³/mol. The van der Waals surface area contributed by atoms with Crippen LogP contribution in [0.25, 0.3) is 11.3 Å². The number of nitrogens with zero attached hydrogens (tertiary/aromatic N) is 5. The molecule has 1 aliphatic heterocycles. The molecule has 7 nitrogen and oxygen atoms in total. The number of rotatable bonds is 3. The predicted octanol–water partition coefficient (Wildman–Crippen LogP) is 3.28. The number of halogens is 1. The van der Waals surface area contributed by atoms with Crippen molar-refractivity contribution in [3.8, 4) is 0 Å². The third kappa shape index (κ3) is 2.86. The van der Waals surface area contributed by atoms with Crippen molar-refractivity contribution < 1.29 is 9.02 Å². The molecule has 1 aromatic carbocycles. The summed E-state index contributed by atoms with van der Waals surface area (Å²) in [4.78, 5) is 11.1. The van der Waals surface area contributed by atoms with Gasteiger partial charge in [-0.2, -0.15) is 0 Å². The summed E-state index contributed by atoms with van der Waals surface area (Å²) in [7, 11) is 0. The van der Waals surface area contributed by atoms with E-state index in [-0.39, 0.29) is 5.82 Å². The van der Waals surface area contributed by atoms with E-state index in [1.54, 1.807) is 18.2 Å². The Morgan fingerprint density at radius 2 is 1.67 bits per heavy atom. The second-order valence-electron chi connectivity index (χ2n) is 5.81. The van der Waals surface area contributed by atoms with Crippen LogP contribution in [-0.2, 0) is 0 Å². The maximum Gasteiger partial charge on any atom is 0.245 e. The number of anilines is 3. The molecule has 3 heterocycles. The van der Waals surface area contributed by atoms with Crippen molar-refractivity contribution in [1.29, 1.82) is 0 Å². The highest BCUT2D eigenvalue weighted by Crippen LogP contribution is 2.29. The molecule has 0 unspecified atom stereocenters. The summed E-state index contributed by atoms with van der Waals surface area (Å²) in [6, 6.07) is 6.47. The molecule has 1 aliphatic rings. The minimum absolute atomic E-state index is 0.299. The lowest BCUT2D eigenvalue weighted by atomic mass is 10.2. The van der Waals surface area contributed by atoms with Gasteiger partial charge < -0.3 is 10.2 Å². The maximum atomic E-state index is 14.0. The Balaban J connectivity index is 1.76. The first-order valence-electron chi connectivity index (χ1n) is 8.08. The number of aromatic nitrogens is 4. The molecular weight excluding hydrogens is 311 g/mol. The lowest BCUT2D eigenvalue weighted by molar-refractivity contribution is 0.314.